The van der Waals surface area contributed by atoms with Crippen molar-refractivity contribution in [2.75, 3.05) is 33.4 Å². The van der Waals surface area contributed by atoms with Gasteiger partial charge < -0.3 is 15.0 Å². The fourth-order valence-corrected chi connectivity index (χ4v) is 3.01. The van der Waals surface area contributed by atoms with Crippen LogP contribution in [0.15, 0.2) is 4.79 Å². The zero-order chi connectivity index (χ0) is 17.0. The average molecular weight is 325 g/mol. The van der Waals surface area contributed by atoms with Gasteiger partial charge in [-0.1, -0.05) is 0 Å². The van der Waals surface area contributed by atoms with Gasteiger partial charge in [0, 0.05) is 45.8 Å². The maximum atomic E-state index is 12.2. The fourth-order valence-electron chi connectivity index (χ4n) is 3.01. The number of methoxy groups -OCH3 is 1. The number of carbonyl (C=O) groups is 1. The molecule has 2 heterocycles. The van der Waals surface area contributed by atoms with E-state index in [0.29, 0.717) is 19.7 Å². The molecule has 1 saturated heterocycles. The van der Waals surface area contributed by atoms with Gasteiger partial charge in [-0.05, 0) is 26.7 Å². The van der Waals surface area contributed by atoms with Crippen LogP contribution in [0.25, 0.3) is 0 Å². The first kappa shape index (κ1) is 17.5. The summed E-state index contributed by atoms with van der Waals surface area (Å²) in [5, 5.41) is 7.26. The van der Waals surface area contributed by atoms with Gasteiger partial charge in [-0.3, -0.25) is 4.57 Å². The molecule has 1 aromatic rings. The van der Waals surface area contributed by atoms with Gasteiger partial charge in [0.05, 0.1) is 6.61 Å². The minimum atomic E-state index is -0.100. The first-order valence-corrected chi connectivity index (χ1v) is 8.12. The van der Waals surface area contributed by atoms with Gasteiger partial charge in [0.2, 0.25) is 0 Å². The summed E-state index contributed by atoms with van der Waals surface area (Å²) in [4.78, 5) is 26.2. The topological polar surface area (TPSA) is 81.4 Å². The molecule has 1 aliphatic rings. The number of rotatable bonds is 5. The molecule has 23 heavy (non-hydrogen) atoms. The quantitative estimate of drug-likeness (QED) is 0.808. The van der Waals surface area contributed by atoms with Crippen molar-refractivity contribution < 1.29 is 9.53 Å². The van der Waals surface area contributed by atoms with Crippen LogP contribution in [0, 0.1) is 0 Å². The number of piperidine rings is 1. The summed E-state index contributed by atoms with van der Waals surface area (Å²) in [6, 6.07) is -0.0294. The smallest absolute Gasteiger partial charge is 0.345 e. The molecule has 1 N–H and O–H groups in total. The molecular weight excluding hydrogens is 298 g/mol. The Morgan fingerprint density at radius 3 is 2.87 bits per heavy atom. The largest absolute Gasteiger partial charge is 0.383 e. The summed E-state index contributed by atoms with van der Waals surface area (Å²) in [7, 11) is 3.28. The maximum Gasteiger partial charge on any atom is 0.345 e. The second-order valence-corrected chi connectivity index (χ2v) is 6.24. The number of likely N-dealkylation sites (tertiary alicyclic amines) is 1. The molecule has 1 unspecified atom stereocenters. The number of carbonyl (C=O) groups excluding carboxylic acids is 1. The van der Waals surface area contributed by atoms with Gasteiger partial charge in [-0.2, -0.15) is 5.10 Å². The molecule has 0 radical (unpaired) electrons. The molecule has 2 amide bonds. The number of nitrogens with one attached hydrogen (secondary N) is 1. The minimum absolute atomic E-state index is 0.0529. The molecule has 0 saturated carbocycles. The van der Waals surface area contributed by atoms with Gasteiger partial charge in [0.15, 0.2) is 0 Å². The van der Waals surface area contributed by atoms with Gasteiger partial charge in [0.1, 0.15) is 5.82 Å². The van der Waals surface area contributed by atoms with E-state index in [1.54, 1.807) is 23.6 Å². The number of aromatic nitrogens is 3. The SMILES string of the molecule is COCCNC(=O)N1CCCC(c2nn(C)c(=O)n2C(C)C)C1. The molecule has 1 aromatic heterocycles. The molecule has 1 fully saturated rings. The summed E-state index contributed by atoms with van der Waals surface area (Å²) in [5.74, 6) is 0.870. The molecule has 0 aromatic carbocycles. The summed E-state index contributed by atoms with van der Waals surface area (Å²) < 4.78 is 8.06. The van der Waals surface area contributed by atoms with E-state index in [1.807, 2.05) is 13.8 Å². The number of hydrogen-bond donors (Lipinski definition) is 1. The third-order valence-electron chi connectivity index (χ3n) is 4.15. The lowest BCUT2D eigenvalue weighted by Crippen LogP contribution is -2.46. The van der Waals surface area contributed by atoms with Crippen LogP contribution in [-0.4, -0.2) is 58.6 Å². The van der Waals surface area contributed by atoms with Crippen LogP contribution in [0.5, 0.6) is 0 Å². The predicted octanol–water partition coefficient (Wildman–Crippen LogP) is 0.698. The zero-order valence-electron chi connectivity index (χ0n) is 14.4. The fraction of sp³-hybridized carbons (Fsp3) is 0.800. The lowest BCUT2D eigenvalue weighted by atomic mass is 9.97. The number of ether oxygens (including phenoxy) is 1. The van der Waals surface area contributed by atoms with Gasteiger partial charge >= 0.3 is 11.7 Å². The Balaban J connectivity index is 2.11. The standard InChI is InChI=1S/C15H27N5O3/c1-11(2)20-13(17-18(3)15(20)22)12-6-5-8-19(10-12)14(21)16-7-9-23-4/h11-12H,5-10H2,1-4H3,(H,16,21). The van der Waals surface area contributed by atoms with E-state index in [0.717, 1.165) is 25.2 Å². The Kier molecular flexibility index (Phi) is 5.81. The van der Waals surface area contributed by atoms with E-state index in [-0.39, 0.29) is 23.7 Å². The Morgan fingerprint density at radius 2 is 2.22 bits per heavy atom. The molecule has 0 bridgehead atoms. The van der Waals surface area contributed by atoms with E-state index >= 15 is 0 Å². The van der Waals surface area contributed by atoms with Crippen molar-refractivity contribution in [1.82, 2.24) is 24.6 Å². The van der Waals surface area contributed by atoms with Gasteiger partial charge in [-0.15, -0.1) is 0 Å². The molecule has 1 aliphatic heterocycles. The summed E-state index contributed by atoms with van der Waals surface area (Å²) >= 11 is 0. The molecule has 8 heteroatoms. The van der Waals surface area contributed by atoms with Crippen LogP contribution < -0.4 is 11.0 Å². The van der Waals surface area contributed by atoms with Crippen LogP contribution in [0.1, 0.15) is 44.5 Å². The van der Waals surface area contributed by atoms with Crippen molar-refractivity contribution in [2.24, 2.45) is 7.05 Å². The second-order valence-electron chi connectivity index (χ2n) is 6.24. The van der Waals surface area contributed by atoms with Crippen LogP contribution in [0.2, 0.25) is 0 Å². The number of amides is 2. The number of hydrogen-bond acceptors (Lipinski definition) is 4. The lowest BCUT2D eigenvalue weighted by molar-refractivity contribution is 0.166. The Labute approximate surface area is 136 Å². The highest BCUT2D eigenvalue weighted by Crippen LogP contribution is 2.26. The first-order chi connectivity index (χ1) is 11.0. The molecule has 0 aliphatic carbocycles. The number of aryl methyl sites for hydroxylation is 1. The monoisotopic (exact) mass is 325 g/mol. The average Bonchev–Trinajstić information content (AvgIpc) is 2.83. The van der Waals surface area contributed by atoms with Crippen LogP contribution in [0.4, 0.5) is 4.79 Å². The highest BCUT2D eigenvalue weighted by Gasteiger charge is 2.29. The molecule has 8 nitrogen and oxygen atoms in total. The van der Waals surface area contributed by atoms with E-state index in [4.69, 9.17) is 4.74 Å². The molecule has 0 spiro atoms. The third-order valence-corrected chi connectivity index (χ3v) is 4.15. The van der Waals surface area contributed by atoms with Crippen molar-refractivity contribution in [3.8, 4) is 0 Å². The first-order valence-electron chi connectivity index (χ1n) is 8.12. The van der Waals surface area contributed by atoms with E-state index in [9.17, 15) is 9.59 Å². The number of nitrogens with zero attached hydrogens (tertiary/aromatic N) is 4. The summed E-state index contributed by atoms with van der Waals surface area (Å²) in [5.41, 5.74) is -0.100. The predicted molar refractivity (Wildman–Crippen MR) is 86.7 cm³/mol. The van der Waals surface area contributed by atoms with Crippen molar-refractivity contribution in [1.29, 1.82) is 0 Å². The second kappa shape index (κ2) is 7.63. The van der Waals surface area contributed by atoms with E-state index in [2.05, 4.69) is 10.4 Å². The van der Waals surface area contributed by atoms with Crippen LogP contribution in [-0.2, 0) is 11.8 Å². The Bertz CT molecular complexity index is 592. The molecule has 2 rings (SSSR count). The highest BCUT2D eigenvalue weighted by atomic mass is 16.5. The maximum absolute atomic E-state index is 12.2. The zero-order valence-corrected chi connectivity index (χ0v) is 14.4. The Hall–Kier alpha value is -1.83. The van der Waals surface area contributed by atoms with E-state index in [1.165, 1.54) is 4.68 Å². The lowest BCUT2D eigenvalue weighted by Gasteiger charge is -2.32. The molecule has 1 atom stereocenters. The molecular formula is C15H27N5O3. The van der Waals surface area contributed by atoms with Crippen molar-refractivity contribution >= 4 is 6.03 Å². The molecule has 130 valence electrons. The summed E-state index contributed by atoms with van der Waals surface area (Å²) in [6.45, 7) is 6.26. The van der Waals surface area contributed by atoms with Crippen molar-refractivity contribution in [2.45, 2.75) is 38.6 Å². The van der Waals surface area contributed by atoms with Crippen molar-refractivity contribution in [3.63, 3.8) is 0 Å². The van der Waals surface area contributed by atoms with Crippen LogP contribution >= 0.6 is 0 Å². The number of urea groups is 1. The summed E-state index contributed by atoms with van der Waals surface area (Å²) in [6.07, 6.45) is 1.84. The highest BCUT2D eigenvalue weighted by molar-refractivity contribution is 5.74. The normalized spacial score (nSPS) is 18.5. The van der Waals surface area contributed by atoms with Gasteiger partial charge in [0.25, 0.3) is 0 Å². The van der Waals surface area contributed by atoms with E-state index < -0.39 is 0 Å². The van der Waals surface area contributed by atoms with Crippen molar-refractivity contribution in [3.05, 3.63) is 16.3 Å². The van der Waals surface area contributed by atoms with Gasteiger partial charge in [-0.25, -0.2) is 14.3 Å². The van der Waals surface area contributed by atoms with Crippen LogP contribution in [0.3, 0.4) is 0 Å². The minimum Gasteiger partial charge on any atom is -0.383 e. The third kappa shape index (κ3) is 3.93. The Morgan fingerprint density at radius 1 is 1.48 bits per heavy atom.